The summed E-state index contributed by atoms with van der Waals surface area (Å²) in [6.45, 7) is 7.75. The molecule has 0 radical (unpaired) electrons. The highest BCUT2D eigenvalue weighted by molar-refractivity contribution is 6.09. The number of hydrogen-bond acceptors (Lipinski definition) is 3. The van der Waals surface area contributed by atoms with Gasteiger partial charge in [-0.25, -0.2) is 4.79 Å². The fourth-order valence-electron chi connectivity index (χ4n) is 2.62. The summed E-state index contributed by atoms with van der Waals surface area (Å²) >= 11 is 0. The maximum absolute atomic E-state index is 12.7. The van der Waals surface area contributed by atoms with Crippen LogP contribution in [-0.2, 0) is 20.5 Å². The van der Waals surface area contributed by atoms with Gasteiger partial charge in [-0.05, 0) is 23.5 Å². The Labute approximate surface area is 142 Å². The Bertz CT molecular complexity index is 674. The fraction of sp³-hybridized carbons (Fsp3) is 0.500. The molecule has 1 fully saturated rings. The standard InChI is InChI=1S/C18H25N3O3/c1-17(2,3)12-7-9-13(10-8-12)18(4)15(23)21(16(24)19-18)11-14(22)20(5)6/h7-10H,11H2,1-6H3,(H,19,24)/t18-/m0/s1. The number of rotatable bonds is 3. The van der Waals surface area contributed by atoms with E-state index in [0.29, 0.717) is 5.56 Å². The first-order valence-corrected chi connectivity index (χ1v) is 7.92. The minimum Gasteiger partial charge on any atom is -0.347 e. The molecule has 130 valence electrons. The van der Waals surface area contributed by atoms with Crippen molar-refractivity contribution in [2.75, 3.05) is 20.6 Å². The molecule has 6 heteroatoms. The summed E-state index contributed by atoms with van der Waals surface area (Å²) in [5, 5.41) is 2.72. The molecule has 0 spiro atoms. The van der Waals surface area contributed by atoms with Crippen LogP contribution in [0.5, 0.6) is 0 Å². The summed E-state index contributed by atoms with van der Waals surface area (Å²) in [5.74, 6) is -0.711. The number of imide groups is 1. The molecule has 6 nitrogen and oxygen atoms in total. The van der Waals surface area contributed by atoms with E-state index in [0.717, 1.165) is 10.5 Å². The summed E-state index contributed by atoms with van der Waals surface area (Å²) in [6, 6.07) is 7.10. The number of nitrogens with zero attached hydrogens (tertiary/aromatic N) is 2. The van der Waals surface area contributed by atoms with Crippen molar-refractivity contribution in [3.05, 3.63) is 35.4 Å². The minimum absolute atomic E-state index is 0.00648. The van der Waals surface area contributed by atoms with Gasteiger partial charge < -0.3 is 10.2 Å². The Morgan fingerprint density at radius 1 is 1.17 bits per heavy atom. The third kappa shape index (κ3) is 3.13. The van der Waals surface area contributed by atoms with Gasteiger partial charge in [-0.15, -0.1) is 0 Å². The maximum Gasteiger partial charge on any atom is 0.325 e. The van der Waals surface area contributed by atoms with Gasteiger partial charge in [0.05, 0.1) is 0 Å². The third-order valence-electron chi connectivity index (χ3n) is 4.40. The number of nitrogens with one attached hydrogen (secondary N) is 1. The number of benzene rings is 1. The van der Waals surface area contributed by atoms with Crippen molar-refractivity contribution in [1.82, 2.24) is 15.1 Å². The summed E-state index contributed by atoms with van der Waals surface area (Å²) < 4.78 is 0. The van der Waals surface area contributed by atoms with Gasteiger partial charge in [0.2, 0.25) is 5.91 Å². The third-order valence-corrected chi connectivity index (χ3v) is 4.40. The van der Waals surface area contributed by atoms with Gasteiger partial charge in [0.1, 0.15) is 12.1 Å². The molecule has 1 heterocycles. The summed E-state index contributed by atoms with van der Waals surface area (Å²) in [7, 11) is 3.18. The normalized spacial score (nSPS) is 21.0. The van der Waals surface area contributed by atoms with Gasteiger partial charge in [-0.3, -0.25) is 14.5 Å². The Kier molecular flexibility index (Phi) is 4.44. The van der Waals surface area contributed by atoms with E-state index in [9.17, 15) is 14.4 Å². The zero-order chi connectivity index (χ0) is 18.3. The van der Waals surface area contributed by atoms with E-state index in [4.69, 9.17) is 0 Å². The van der Waals surface area contributed by atoms with E-state index in [1.807, 2.05) is 24.3 Å². The Morgan fingerprint density at radius 3 is 2.17 bits per heavy atom. The number of carbonyl (C=O) groups is 3. The topological polar surface area (TPSA) is 69.7 Å². The molecular weight excluding hydrogens is 306 g/mol. The van der Waals surface area contributed by atoms with E-state index in [1.165, 1.54) is 4.90 Å². The summed E-state index contributed by atoms with van der Waals surface area (Å²) in [5.41, 5.74) is 0.701. The molecular formula is C18H25N3O3. The van der Waals surface area contributed by atoms with E-state index < -0.39 is 17.5 Å². The van der Waals surface area contributed by atoms with Gasteiger partial charge in [0.25, 0.3) is 5.91 Å². The van der Waals surface area contributed by atoms with Crippen molar-refractivity contribution in [1.29, 1.82) is 0 Å². The predicted molar refractivity (Wildman–Crippen MR) is 91.4 cm³/mol. The average Bonchev–Trinajstić information content (AvgIpc) is 2.71. The molecule has 1 atom stereocenters. The first kappa shape index (κ1) is 18.0. The predicted octanol–water partition coefficient (Wildman–Crippen LogP) is 1.84. The molecule has 0 saturated carbocycles. The number of urea groups is 1. The second kappa shape index (κ2) is 5.92. The van der Waals surface area contributed by atoms with Crippen LogP contribution in [0.25, 0.3) is 0 Å². The highest BCUT2D eigenvalue weighted by Gasteiger charge is 2.49. The number of likely N-dealkylation sites (N-methyl/N-ethyl adjacent to an activating group) is 1. The molecule has 0 aromatic heterocycles. The van der Waals surface area contributed by atoms with Crippen molar-refractivity contribution < 1.29 is 14.4 Å². The smallest absolute Gasteiger partial charge is 0.325 e. The first-order chi connectivity index (χ1) is 11.0. The van der Waals surface area contributed by atoms with E-state index >= 15 is 0 Å². The zero-order valence-electron chi connectivity index (χ0n) is 15.1. The van der Waals surface area contributed by atoms with Crippen LogP contribution in [-0.4, -0.2) is 48.3 Å². The van der Waals surface area contributed by atoms with Gasteiger partial charge in [-0.2, -0.15) is 0 Å². The maximum atomic E-state index is 12.7. The molecule has 0 bridgehead atoms. The van der Waals surface area contributed by atoms with Crippen LogP contribution < -0.4 is 5.32 Å². The van der Waals surface area contributed by atoms with Crippen LogP contribution in [0.2, 0.25) is 0 Å². The molecule has 4 amide bonds. The monoisotopic (exact) mass is 331 g/mol. The summed E-state index contributed by atoms with van der Waals surface area (Å²) in [6.07, 6.45) is 0. The Morgan fingerprint density at radius 2 is 1.71 bits per heavy atom. The lowest BCUT2D eigenvalue weighted by molar-refractivity contribution is -0.137. The van der Waals surface area contributed by atoms with Crippen LogP contribution in [0.1, 0.15) is 38.8 Å². The van der Waals surface area contributed by atoms with Gasteiger partial charge in [0.15, 0.2) is 0 Å². The highest BCUT2D eigenvalue weighted by atomic mass is 16.2. The van der Waals surface area contributed by atoms with Crippen molar-refractivity contribution in [3.63, 3.8) is 0 Å². The van der Waals surface area contributed by atoms with Crippen molar-refractivity contribution in [2.24, 2.45) is 0 Å². The van der Waals surface area contributed by atoms with Gasteiger partial charge in [-0.1, -0.05) is 45.0 Å². The van der Waals surface area contributed by atoms with Gasteiger partial charge >= 0.3 is 6.03 Å². The lowest BCUT2D eigenvalue weighted by atomic mass is 9.84. The number of amides is 4. The second-order valence-electron chi connectivity index (χ2n) is 7.56. The lowest BCUT2D eigenvalue weighted by Crippen LogP contribution is -2.43. The van der Waals surface area contributed by atoms with Crippen LogP contribution in [0, 0.1) is 0 Å². The largest absolute Gasteiger partial charge is 0.347 e. The fourth-order valence-corrected chi connectivity index (χ4v) is 2.62. The van der Waals surface area contributed by atoms with Crippen LogP contribution in [0.4, 0.5) is 4.79 Å². The average molecular weight is 331 g/mol. The zero-order valence-corrected chi connectivity index (χ0v) is 15.1. The molecule has 24 heavy (non-hydrogen) atoms. The van der Waals surface area contributed by atoms with E-state index in [-0.39, 0.29) is 17.9 Å². The van der Waals surface area contributed by atoms with Crippen molar-refractivity contribution in [3.8, 4) is 0 Å². The van der Waals surface area contributed by atoms with E-state index in [2.05, 4.69) is 26.1 Å². The molecule has 0 aliphatic carbocycles. The van der Waals surface area contributed by atoms with E-state index in [1.54, 1.807) is 21.0 Å². The molecule has 0 unspecified atom stereocenters. The van der Waals surface area contributed by atoms with Crippen molar-refractivity contribution >= 4 is 17.8 Å². The SMILES string of the molecule is CN(C)C(=O)CN1C(=O)N[C@@](C)(c2ccc(C(C)(C)C)cc2)C1=O. The first-order valence-electron chi connectivity index (χ1n) is 7.92. The number of carbonyl (C=O) groups excluding carboxylic acids is 3. The Balaban J connectivity index is 2.29. The lowest BCUT2D eigenvalue weighted by Gasteiger charge is -2.24. The molecule has 2 rings (SSSR count). The quantitative estimate of drug-likeness (QED) is 0.859. The summed E-state index contributed by atoms with van der Waals surface area (Å²) in [4.78, 5) is 39.1. The van der Waals surface area contributed by atoms with Crippen LogP contribution in [0.3, 0.4) is 0 Å². The molecule has 1 aliphatic heterocycles. The molecule has 1 N–H and O–H groups in total. The Hall–Kier alpha value is -2.37. The molecule has 1 aromatic carbocycles. The highest BCUT2D eigenvalue weighted by Crippen LogP contribution is 2.31. The van der Waals surface area contributed by atoms with Gasteiger partial charge in [0, 0.05) is 14.1 Å². The molecule has 1 aromatic rings. The van der Waals surface area contributed by atoms with Crippen molar-refractivity contribution in [2.45, 2.75) is 38.6 Å². The van der Waals surface area contributed by atoms with Crippen LogP contribution in [0.15, 0.2) is 24.3 Å². The molecule has 1 saturated heterocycles. The number of hydrogen-bond donors (Lipinski definition) is 1. The minimum atomic E-state index is -1.15. The molecule has 1 aliphatic rings. The second-order valence-corrected chi connectivity index (χ2v) is 7.56. The van der Waals surface area contributed by atoms with Crippen LogP contribution >= 0.6 is 0 Å².